The van der Waals surface area contributed by atoms with Crippen LogP contribution in [0.4, 0.5) is 5.82 Å². The second kappa shape index (κ2) is 5.74. The summed E-state index contributed by atoms with van der Waals surface area (Å²) < 4.78 is 4.64. The Labute approximate surface area is 120 Å². The molecule has 0 atom stereocenters. The molecule has 2 amide bonds. The minimum absolute atomic E-state index is 0.00868. The Kier molecular flexibility index (Phi) is 3.63. The maximum absolute atomic E-state index is 12.4. The predicted molar refractivity (Wildman–Crippen MR) is 73.4 cm³/mol. The highest BCUT2D eigenvalue weighted by atomic mass is 16.5. The minimum atomic E-state index is -0.298. The Morgan fingerprint density at radius 3 is 2.86 bits per heavy atom. The van der Waals surface area contributed by atoms with E-state index in [0.29, 0.717) is 11.4 Å². The molecule has 0 radical (unpaired) electrons. The first-order valence-corrected chi connectivity index (χ1v) is 6.65. The van der Waals surface area contributed by atoms with E-state index in [-0.39, 0.29) is 24.4 Å². The summed E-state index contributed by atoms with van der Waals surface area (Å²) in [5.74, 6) is -0.140. The largest absolute Gasteiger partial charge is 0.363 e. The summed E-state index contributed by atoms with van der Waals surface area (Å²) in [5.41, 5.74) is 0.485. The third-order valence-corrected chi connectivity index (χ3v) is 3.18. The molecule has 0 saturated heterocycles. The molecule has 7 heteroatoms. The molecule has 1 N–H and O–H groups in total. The Morgan fingerprint density at radius 2 is 2.24 bits per heavy atom. The van der Waals surface area contributed by atoms with E-state index >= 15 is 0 Å². The van der Waals surface area contributed by atoms with E-state index in [1.54, 1.807) is 29.3 Å². The van der Waals surface area contributed by atoms with Gasteiger partial charge in [0.2, 0.25) is 5.91 Å². The van der Waals surface area contributed by atoms with Crippen LogP contribution in [0.25, 0.3) is 0 Å². The normalized spacial score (nSPS) is 13.7. The van der Waals surface area contributed by atoms with Crippen molar-refractivity contribution in [2.45, 2.75) is 18.9 Å². The van der Waals surface area contributed by atoms with Crippen LogP contribution < -0.4 is 5.32 Å². The lowest BCUT2D eigenvalue weighted by Gasteiger charge is -2.21. The summed E-state index contributed by atoms with van der Waals surface area (Å²) in [4.78, 5) is 29.9. The van der Waals surface area contributed by atoms with Crippen molar-refractivity contribution in [1.29, 1.82) is 0 Å². The molecule has 2 aromatic rings. The van der Waals surface area contributed by atoms with Gasteiger partial charge in [0.15, 0.2) is 5.82 Å². The van der Waals surface area contributed by atoms with Gasteiger partial charge in [0.25, 0.3) is 5.91 Å². The van der Waals surface area contributed by atoms with Crippen LogP contribution in [0.3, 0.4) is 0 Å². The van der Waals surface area contributed by atoms with Gasteiger partial charge >= 0.3 is 0 Å². The summed E-state index contributed by atoms with van der Waals surface area (Å²) in [7, 11) is 0. The lowest BCUT2D eigenvalue weighted by atomic mass is 10.2. The average molecular weight is 286 g/mol. The fraction of sp³-hybridized carbons (Fsp3) is 0.286. The third-order valence-electron chi connectivity index (χ3n) is 3.18. The number of nitrogens with zero attached hydrogens (tertiary/aromatic N) is 3. The zero-order valence-corrected chi connectivity index (χ0v) is 11.2. The topological polar surface area (TPSA) is 88.3 Å². The van der Waals surface area contributed by atoms with Crippen molar-refractivity contribution in [1.82, 2.24) is 15.0 Å². The standard InChI is InChI=1S/C14H14N4O3/c19-13(16-12-5-7-21-17-12)9-18(11-3-4-11)14(20)10-2-1-6-15-8-10/h1-2,5-8,11H,3-4,9H2,(H,16,17,19). The maximum atomic E-state index is 12.4. The van der Waals surface area contributed by atoms with Gasteiger partial charge in [-0.15, -0.1) is 0 Å². The molecule has 1 aliphatic rings. The minimum Gasteiger partial charge on any atom is -0.363 e. The van der Waals surface area contributed by atoms with Crippen molar-refractivity contribution >= 4 is 17.6 Å². The Hall–Kier alpha value is -2.70. The fourth-order valence-corrected chi connectivity index (χ4v) is 2.02. The lowest BCUT2D eigenvalue weighted by molar-refractivity contribution is -0.117. The van der Waals surface area contributed by atoms with Crippen LogP contribution in [0, 0.1) is 0 Å². The van der Waals surface area contributed by atoms with Gasteiger partial charge in [-0.2, -0.15) is 0 Å². The number of hydrogen-bond donors (Lipinski definition) is 1. The summed E-state index contributed by atoms with van der Waals surface area (Å²) >= 11 is 0. The number of nitrogens with one attached hydrogen (secondary N) is 1. The Balaban J connectivity index is 1.67. The van der Waals surface area contributed by atoms with Gasteiger partial charge in [0.05, 0.1) is 5.56 Å². The van der Waals surface area contributed by atoms with Gasteiger partial charge in [-0.3, -0.25) is 14.6 Å². The predicted octanol–water partition coefficient (Wildman–Crippen LogP) is 1.31. The monoisotopic (exact) mass is 286 g/mol. The van der Waals surface area contributed by atoms with Crippen molar-refractivity contribution in [2.75, 3.05) is 11.9 Å². The van der Waals surface area contributed by atoms with E-state index in [9.17, 15) is 9.59 Å². The van der Waals surface area contributed by atoms with Crippen LogP contribution in [0.5, 0.6) is 0 Å². The molecule has 0 spiro atoms. The number of pyridine rings is 1. The first-order chi connectivity index (χ1) is 10.2. The molecule has 0 bridgehead atoms. The molecule has 3 rings (SSSR count). The van der Waals surface area contributed by atoms with Gasteiger partial charge in [0, 0.05) is 24.5 Å². The summed E-state index contributed by atoms with van der Waals surface area (Å²) in [6.07, 6.45) is 6.32. The van der Waals surface area contributed by atoms with Crippen LogP contribution in [-0.2, 0) is 4.79 Å². The number of aromatic nitrogens is 2. The van der Waals surface area contributed by atoms with Gasteiger partial charge in [-0.25, -0.2) is 0 Å². The van der Waals surface area contributed by atoms with Crippen LogP contribution in [0.2, 0.25) is 0 Å². The highest BCUT2D eigenvalue weighted by Gasteiger charge is 2.34. The average Bonchev–Trinajstić information content (AvgIpc) is 3.23. The molecule has 7 nitrogen and oxygen atoms in total. The quantitative estimate of drug-likeness (QED) is 0.895. The van der Waals surface area contributed by atoms with E-state index in [4.69, 9.17) is 0 Å². The van der Waals surface area contributed by atoms with E-state index < -0.39 is 0 Å². The molecule has 108 valence electrons. The fourth-order valence-electron chi connectivity index (χ4n) is 2.02. The smallest absolute Gasteiger partial charge is 0.256 e. The van der Waals surface area contributed by atoms with E-state index in [1.165, 1.54) is 12.5 Å². The maximum Gasteiger partial charge on any atom is 0.256 e. The number of rotatable bonds is 5. The van der Waals surface area contributed by atoms with Crippen molar-refractivity contribution in [3.63, 3.8) is 0 Å². The summed E-state index contributed by atoms with van der Waals surface area (Å²) in [6.45, 7) is -0.00868. The molecule has 2 heterocycles. The molecule has 1 aliphatic carbocycles. The second-order valence-electron chi connectivity index (χ2n) is 4.84. The zero-order chi connectivity index (χ0) is 14.7. The molecule has 21 heavy (non-hydrogen) atoms. The molecule has 2 aromatic heterocycles. The van der Waals surface area contributed by atoms with Gasteiger partial charge in [-0.1, -0.05) is 5.16 Å². The van der Waals surface area contributed by atoms with Crippen LogP contribution in [-0.4, -0.2) is 39.4 Å². The number of anilines is 1. The number of carbonyl (C=O) groups excluding carboxylic acids is 2. The Morgan fingerprint density at radius 1 is 1.38 bits per heavy atom. The molecular formula is C14H14N4O3. The number of carbonyl (C=O) groups is 2. The molecule has 1 saturated carbocycles. The van der Waals surface area contributed by atoms with Crippen molar-refractivity contribution in [3.05, 3.63) is 42.4 Å². The molecule has 0 aromatic carbocycles. The summed E-state index contributed by atoms with van der Waals surface area (Å²) in [6, 6.07) is 5.07. The molecular weight excluding hydrogens is 272 g/mol. The third kappa shape index (κ3) is 3.25. The zero-order valence-electron chi connectivity index (χ0n) is 11.2. The van der Waals surface area contributed by atoms with Crippen molar-refractivity contribution < 1.29 is 14.1 Å². The lowest BCUT2D eigenvalue weighted by Crippen LogP contribution is -2.39. The van der Waals surface area contributed by atoms with Gasteiger partial charge < -0.3 is 14.7 Å². The van der Waals surface area contributed by atoms with Crippen LogP contribution in [0.1, 0.15) is 23.2 Å². The van der Waals surface area contributed by atoms with Crippen LogP contribution >= 0.6 is 0 Å². The van der Waals surface area contributed by atoms with Crippen molar-refractivity contribution in [3.8, 4) is 0 Å². The number of hydrogen-bond acceptors (Lipinski definition) is 5. The molecule has 0 aliphatic heterocycles. The second-order valence-corrected chi connectivity index (χ2v) is 4.84. The Bertz CT molecular complexity index is 623. The molecule has 0 unspecified atom stereocenters. The van der Waals surface area contributed by atoms with E-state index in [1.807, 2.05) is 0 Å². The highest BCUT2D eigenvalue weighted by Crippen LogP contribution is 2.28. The van der Waals surface area contributed by atoms with E-state index in [2.05, 4.69) is 20.0 Å². The van der Waals surface area contributed by atoms with Gasteiger partial charge in [-0.05, 0) is 25.0 Å². The SMILES string of the molecule is O=C(CN(C(=O)c1cccnc1)C1CC1)Nc1ccon1. The van der Waals surface area contributed by atoms with E-state index in [0.717, 1.165) is 12.8 Å². The first kappa shape index (κ1) is 13.3. The first-order valence-electron chi connectivity index (χ1n) is 6.65. The molecule has 1 fully saturated rings. The highest BCUT2D eigenvalue weighted by molar-refractivity contribution is 5.99. The van der Waals surface area contributed by atoms with Gasteiger partial charge in [0.1, 0.15) is 12.8 Å². The van der Waals surface area contributed by atoms with Crippen molar-refractivity contribution in [2.24, 2.45) is 0 Å². The van der Waals surface area contributed by atoms with Crippen LogP contribution in [0.15, 0.2) is 41.4 Å². The summed E-state index contributed by atoms with van der Waals surface area (Å²) in [5, 5.41) is 6.19. The number of amides is 2.